The highest BCUT2D eigenvalue weighted by Gasteiger charge is 2.13. The first-order valence-corrected chi connectivity index (χ1v) is 7.42. The van der Waals surface area contributed by atoms with Gasteiger partial charge < -0.3 is 14.0 Å². The normalized spacial score (nSPS) is 10.4. The largest absolute Gasteiger partial charge is 0.493 e. The zero-order valence-electron chi connectivity index (χ0n) is 12.7. The molecule has 6 nitrogen and oxygen atoms in total. The van der Waals surface area contributed by atoms with Crippen molar-refractivity contribution in [3.8, 4) is 22.9 Å². The molecule has 0 amide bonds. The van der Waals surface area contributed by atoms with E-state index in [0.29, 0.717) is 39.4 Å². The van der Waals surface area contributed by atoms with Crippen LogP contribution in [0.4, 0.5) is 0 Å². The second kappa shape index (κ2) is 7.14. The molecule has 3 rings (SSSR count). The van der Waals surface area contributed by atoms with Crippen molar-refractivity contribution in [2.24, 2.45) is 0 Å². The number of rotatable bonds is 6. The maximum Gasteiger partial charge on any atom is 0.264 e. The third kappa shape index (κ3) is 3.38. The number of halogens is 1. The molecule has 0 fully saturated rings. The molecule has 0 radical (unpaired) electrons. The zero-order chi connectivity index (χ0) is 16.9. The number of carbonyl (C=O) groups excluding carboxylic acids is 1. The van der Waals surface area contributed by atoms with Crippen LogP contribution in [-0.2, 0) is 6.61 Å². The Morgan fingerprint density at radius 1 is 1.21 bits per heavy atom. The minimum absolute atomic E-state index is 0.0637. The Morgan fingerprint density at radius 2 is 2.04 bits per heavy atom. The van der Waals surface area contributed by atoms with Crippen LogP contribution in [0.1, 0.15) is 16.2 Å². The van der Waals surface area contributed by atoms with Crippen LogP contribution in [0.5, 0.6) is 11.5 Å². The molecule has 1 aromatic heterocycles. The van der Waals surface area contributed by atoms with Crippen molar-refractivity contribution in [2.45, 2.75) is 6.61 Å². The average molecular weight is 345 g/mol. The molecule has 0 aliphatic carbocycles. The fraction of sp³-hybridized carbons (Fsp3) is 0.118. The molecular weight excluding hydrogens is 332 g/mol. The molecule has 0 unspecified atom stereocenters. The van der Waals surface area contributed by atoms with Crippen LogP contribution in [0.25, 0.3) is 11.4 Å². The molecule has 0 saturated carbocycles. The van der Waals surface area contributed by atoms with E-state index in [4.69, 9.17) is 25.6 Å². The smallest absolute Gasteiger partial charge is 0.264 e. The van der Waals surface area contributed by atoms with Crippen molar-refractivity contribution < 1.29 is 18.8 Å². The highest BCUT2D eigenvalue weighted by Crippen LogP contribution is 2.29. The molecular formula is C17H13ClN2O4. The molecule has 0 aliphatic heterocycles. The second-order valence-corrected chi connectivity index (χ2v) is 5.22. The topological polar surface area (TPSA) is 74.5 Å². The summed E-state index contributed by atoms with van der Waals surface area (Å²) in [6.45, 7) is 0.0637. The van der Waals surface area contributed by atoms with E-state index < -0.39 is 0 Å². The van der Waals surface area contributed by atoms with Gasteiger partial charge in [-0.25, -0.2) is 0 Å². The molecule has 122 valence electrons. The number of aldehydes is 1. The molecule has 0 N–H and O–H groups in total. The van der Waals surface area contributed by atoms with Gasteiger partial charge in [0.05, 0.1) is 12.1 Å². The SMILES string of the molecule is COc1cc(C=O)ccc1OCc1nc(-c2ccccc2Cl)no1. The molecule has 1 heterocycles. The zero-order valence-corrected chi connectivity index (χ0v) is 13.5. The van der Waals surface area contributed by atoms with Crippen LogP contribution in [-0.4, -0.2) is 23.5 Å². The minimum atomic E-state index is 0.0637. The first-order chi connectivity index (χ1) is 11.7. The summed E-state index contributed by atoms with van der Waals surface area (Å²) < 4.78 is 16.0. The monoisotopic (exact) mass is 344 g/mol. The van der Waals surface area contributed by atoms with Gasteiger partial charge in [-0.2, -0.15) is 4.98 Å². The molecule has 0 atom stereocenters. The molecule has 3 aromatic rings. The molecule has 0 bridgehead atoms. The highest BCUT2D eigenvalue weighted by atomic mass is 35.5. The highest BCUT2D eigenvalue weighted by molar-refractivity contribution is 6.33. The Balaban J connectivity index is 1.74. The number of aromatic nitrogens is 2. The van der Waals surface area contributed by atoms with Gasteiger partial charge in [-0.1, -0.05) is 28.9 Å². The minimum Gasteiger partial charge on any atom is -0.493 e. The molecule has 2 aromatic carbocycles. The molecule has 0 aliphatic rings. The molecule has 24 heavy (non-hydrogen) atoms. The van der Waals surface area contributed by atoms with Crippen molar-refractivity contribution >= 4 is 17.9 Å². The Kier molecular flexibility index (Phi) is 4.77. The van der Waals surface area contributed by atoms with Crippen molar-refractivity contribution in [1.29, 1.82) is 0 Å². The van der Waals surface area contributed by atoms with Gasteiger partial charge in [-0.3, -0.25) is 4.79 Å². The van der Waals surface area contributed by atoms with E-state index in [-0.39, 0.29) is 6.61 Å². The van der Waals surface area contributed by atoms with Crippen molar-refractivity contribution in [3.63, 3.8) is 0 Å². The standard InChI is InChI=1S/C17H13ClN2O4/c1-22-15-8-11(9-21)6-7-14(15)23-10-16-19-17(20-24-16)12-4-2-3-5-13(12)18/h2-9H,10H2,1H3. The number of methoxy groups -OCH3 is 1. The third-order valence-corrected chi connectivity index (χ3v) is 3.59. The van der Waals surface area contributed by atoms with Crippen LogP contribution in [0.15, 0.2) is 47.0 Å². The fourth-order valence-electron chi connectivity index (χ4n) is 2.08. The maximum atomic E-state index is 10.8. The lowest BCUT2D eigenvalue weighted by Crippen LogP contribution is -1.98. The maximum absolute atomic E-state index is 10.8. The van der Waals surface area contributed by atoms with Crippen LogP contribution in [0.2, 0.25) is 5.02 Å². The van der Waals surface area contributed by atoms with Crippen molar-refractivity contribution in [2.75, 3.05) is 7.11 Å². The van der Waals surface area contributed by atoms with E-state index in [0.717, 1.165) is 6.29 Å². The van der Waals surface area contributed by atoms with Gasteiger partial charge in [-0.05, 0) is 30.3 Å². The summed E-state index contributed by atoms with van der Waals surface area (Å²) in [6.07, 6.45) is 0.736. The van der Waals surface area contributed by atoms with Gasteiger partial charge in [0.15, 0.2) is 18.1 Å². The number of ether oxygens (including phenoxy) is 2. The first kappa shape index (κ1) is 16.0. The van der Waals surface area contributed by atoms with Crippen molar-refractivity contribution in [1.82, 2.24) is 10.1 Å². The number of carbonyl (C=O) groups is 1. The van der Waals surface area contributed by atoms with Gasteiger partial charge in [0.2, 0.25) is 5.82 Å². The van der Waals surface area contributed by atoms with Gasteiger partial charge in [0, 0.05) is 11.1 Å². The summed E-state index contributed by atoms with van der Waals surface area (Å²) in [5, 5.41) is 4.44. The Labute approximate surface area is 143 Å². The molecule has 7 heteroatoms. The van der Waals surface area contributed by atoms with Crippen LogP contribution < -0.4 is 9.47 Å². The first-order valence-electron chi connectivity index (χ1n) is 7.04. The predicted molar refractivity (Wildman–Crippen MR) is 87.5 cm³/mol. The van der Waals surface area contributed by atoms with Crippen molar-refractivity contribution in [3.05, 3.63) is 58.9 Å². The number of hydrogen-bond acceptors (Lipinski definition) is 6. The summed E-state index contributed by atoms with van der Waals surface area (Å²) in [5.74, 6) is 1.61. The van der Waals surface area contributed by atoms with Crippen LogP contribution in [0.3, 0.4) is 0 Å². The van der Waals surface area contributed by atoms with E-state index in [9.17, 15) is 4.79 Å². The quantitative estimate of drug-likeness (QED) is 0.633. The summed E-state index contributed by atoms with van der Waals surface area (Å²) in [7, 11) is 1.50. The van der Waals surface area contributed by atoms with Gasteiger partial charge >= 0.3 is 0 Å². The third-order valence-electron chi connectivity index (χ3n) is 3.26. The molecule has 0 saturated heterocycles. The van der Waals surface area contributed by atoms with E-state index in [1.165, 1.54) is 7.11 Å². The van der Waals surface area contributed by atoms with E-state index in [2.05, 4.69) is 10.1 Å². The summed E-state index contributed by atoms with van der Waals surface area (Å²) in [6, 6.07) is 12.1. The lowest BCUT2D eigenvalue weighted by molar-refractivity contribution is 0.112. The summed E-state index contributed by atoms with van der Waals surface area (Å²) in [4.78, 5) is 15.1. The van der Waals surface area contributed by atoms with E-state index in [1.54, 1.807) is 30.3 Å². The van der Waals surface area contributed by atoms with Gasteiger partial charge in [0.1, 0.15) is 6.29 Å². The average Bonchev–Trinajstić information content (AvgIpc) is 3.09. The Morgan fingerprint density at radius 3 is 2.79 bits per heavy atom. The number of nitrogens with zero attached hydrogens (tertiary/aromatic N) is 2. The lowest BCUT2D eigenvalue weighted by Gasteiger charge is -2.09. The molecule has 0 spiro atoms. The van der Waals surface area contributed by atoms with Gasteiger partial charge in [0.25, 0.3) is 5.89 Å². The number of hydrogen-bond donors (Lipinski definition) is 0. The summed E-state index contributed by atoms with van der Waals surface area (Å²) in [5.41, 5.74) is 1.18. The fourth-order valence-corrected chi connectivity index (χ4v) is 2.30. The predicted octanol–water partition coefficient (Wildman–Crippen LogP) is 3.79. The van der Waals surface area contributed by atoms with Crippen LogP contribution >= 0.6 is 11.6 Å². The number of benzene rings is 2. The van der Waals surface area contributed by atoms with E-state index >= 15 is 0 Å². The second-order valence-electron chi connectivity index (χ2n) is 4.81. The Bertz CT molecular complexity index is 863. The van der Waals surface area contributed by atoms with Gasteiger partial charge in [-0.15, -0.1) is 0 Å². The van der Waals surface area contributed by atoms with E-state index in [1.807, 2.05) is 12.1 Å². The Hall–Kier alpha value is -2.86. The van der Waals surface area contributed by atoms with Crippen LogP contribution in [0, 0.1) is 0 Å². The lowest BCUT2D eigenvalue weighted by atomic mass is 10.2. The summed E-state index contributed by atoms with van der Waals surface area (Å²) >= 11 is 6.11.